The number of aryl methyl sites for hydroxylation is 2. The first kappa shape index (κ1) is 21.1. The number of nitrogens with one attached hydrogen (secondary N) is 1. The fraction of sp³-hybridized carbons (Fsp3) is 0.400. The Morgan fingerprint density at radius 1 is 1.28 bits per heavy atom. The molecule has 1 aliphatic heterocycles. The molecule has 0 spiro atoms. The number of hydrogen-bond donors (Lipinski definition) is 1. The second kappa shape index (κ2) is 8.38. The molecule has 1 aliphatic rings. The SMILES string of the molecule is CCOC(=O)c1cc(S(=O)(=O)N2CCCC2C(=O)Nc2ccccc2C)cn1C. The normalized spacial score (nSPS) is 17.3. The highest BCUT2D eigenvalue weighted by atomic mass is 32.2. The van der Waals surface area contributed by atoms with Gasteiger partial charge < -0.3 is 14.6 Å². The first-order valence-corrected chi connectivity index (χ1v) is 10.9. The standard InChI is InChI=1S/C20H25N3O5S/c1-4-28-20(25)18-12-15(13-22(18)3)29(26,27)23-11-7-10-17(23)19(24)21-16-9-6-5-8-14(16)2/h5-6,8-9,12-13,17H,4,7,10-11H2,1-3H3,(H,21,24). The number of anilines is 1. The molecule has 1 aromatic heterocycles. The van der Waals surface area contributed by atoms with Crippen molar-refractivity contribution in [3.63, 3.8) is 0 Å². The number of carbonyl (C=O) groups is 2. The molecule has 1 fully saturated rings. The number of nitrogens with zero attached hydrogens (tertiary/aromatic N) is 2. The lowest BCUT2D eigenvalue weighted by Crippen LogP contribution is -2.43. The van der Waals surface area contributed by atoms with Crippen LogP contribution in [0.3, 0.4) is 0 Å². The van der Waals surface area contributed by atoms with E-state index in [1.54, 1.807) is 20.0 Å². The maximum Gasteiger partial charge on any atom is 0.354 e. The Morgan fingerprint density at radius 2 is 2.00 bits per heavy atom. The molecule has 3 rings (SSSR count). The summed E-state index contributed by atoms with van der Waals surface area (Å²) in [6, 6.07) is 7.83. The maximum absolute atomic E-state index is 13.2. The Labute approximate surface area is 170 Å². The Hall–Kier alpha value is -2.65. The smallest absolute Gasteiger partial charge is 0.354 e. The van der Waals surface area contributed by atoms with Gasteiger partial charge in [0.1, 0.15) is 16.6 Å². The van der Waals surface area contributed by atoms with Gasteiger partial charge in [-0.2, -0.15) is 4.31 Å². The Balaban J connectivity index is 1.84. The van der Waals surface area contributed by atoms with E-state index in [1.807, 2.05) is 25.1 Å². The lowest BCUT2D eigenvalue weighted by atomic mass is 10.1. The molecule has 0 bridgehead atoms. The van der Waals surface area contributed by atoms with Crippen molar-refractivity contribution in [2.75, 3.05) is 18.5 Å². The zero-order valence-electron chi connectivity index (χ0n) is 16.7. The minimum absolute atomic E-state index is 0.0290. The molecule has 156 valence electrons. The highest BCUT2D eigenvalue weighted by Crippen LogP contribution is 2.28. The molecule has 1 N–H and O–H groups in total. The van der Waals surface area contributed by atoms with Crippen LogP contribution < -0.4 is 5.32 Å². The zero-order chi connectivity index (χ0) is 21.2. The summed E-state index contributed by atoms with van der Waals surface area (Å²) in [5, 5.41) is 2.83. The van der Waals surface area contributed by atoms with Crippen LogP contribution in [0, 0.1) is 6.92 Å². The van der Waals surface area contributed by atoms with Crippen molar-refractivity contribution in [1.29, 1.82) is 0 Å². The molecular weight excluding hydrogens is 394 g/mol. The highest BCUT2D eigenvalue weighted by Gasteiger charge is 2.40. The average molecular weight is 420 g/mol. The third kappa shape index (κ3) is 4.20. The van der Waals surface area contributed by atoms with E-state index >= 15 is 0 Å². The van der Waals surface area contributed by atoms with Gasteiger partial charge in [0.15, 0.2) is 0 Å². The predicted molar refractivity (Wildman–Crippen MR) is 108 cm³/mol. The largest absolute Gasteiger partial charge is 0.461 e. The summed E-state index contributed by atoms with van der Waals surface area (Å²) in [6.45, 7) is 4.00. The second-order valence-corrected chi connectivity index (χ2v) is 8.86. The first-order valence-electron chi connectivity index (χ1n) is 9.47. The monoisotopic (exact) mass is 419 g/mol. The lowest BCUT2D eigenvalue weighted by molar-refractivity contribution is -0.119. The summed E-state index contributed by atoms with van der Waals surface area (Å²) in [5.41, 5.74) is 1.70. The number of ether oxygens (including phenoxy) is 1. The lowest BCUT2D eigenvalue weighted by Gasteiger charge is -2.23. The van der Waals surface area contributed by atoms with Crippen LogP contribution in [0.4, 0.5) is 5.69 Å². The van der Waals surface area contributed by atoms with E-state index in [0.29, 0.717) is 18.5 Å². The Bertz CT molecular complexity index is 1030. The van der Waals surface area contributed by atoms with E-state index in [4.69, 9.17) is 4.74 Å². The molecule has 29 heavy (non-hydrogen) atoms. The molecule has 1 unspecified atom stereocenters. The number of carbonyl (C=O) groups excluding carboxylic acids is 2. The molecule has 1 atom stereocenters. The fourth-order valence-electron chi connectivity index (χ4n) is 3.44. The van der Waals surface area contributed by atoms with Gasteiger partial charge in [0.25, 0.3) is 0 Å². The van der Waals surface area contributed by atoms with Crippen LogP contribution in [0.15, 0.2) is 41.4 Å². The van der Waals surface area contributed by atoms with Crippen molar-refractivity contribution < 1.29 is 22.7 Å². The van der Waals surface area contributed by atoms with Gasteiger partial charge in [0.2, 0.25) is 15.9 Å². The highest BCUT2D eigenvalue weighted by molar-refractivity contribution is 7.89. The van der Waals surface area contributed by atoms with E-state index in [2.05, 4.69) is 5.32 Å². The maximum atomic E-state index is 13.2. The van der Waals surface area contributed by atoms with E-state index in [1.165, 1.54) is 21.1 Å². The van der Waals surface area contributed by atoms with Crippen molar-refractivity contribution in [1.82, 2.24) is 8.87 Å². The van der Waals surface area contributed by atoms with Crippen LogP contribution in [-0.4, -0.2) is 48.4 Å². The third-order valence-corrected chi connectivity index (χ3v) is 6.85. The van der Waals surface area contributed by atoms with Gasteiger partial charge in [-0.3, -0.25) is 4.79 Å². The molecule has 0 aliphatic carbocycles. The van der Waals surface area contributed by atoms with Crippen molar-refractivity contribution in [2.24, 2.45) is 7.05 Å². The number of esters is 1. The fourth-order valence-corrected chi connectivity index (χ4v) is 5.17. The molecule has 0 radical (unpaired) electrons. The van der Waals surface area contributed by atoms with Gasteiger partial charge in [0, 0.05) is 25.5 Å². The number of aromatic nitrogens is 1. The van der Waals surface area contributed by atoms with Gasteiger partial charge >= 0.3 is 5.97 Å². The van der Waals surface area contributed by atoms with Crippen molar-refractivity contribution in [2.45, 2.75) is 37.6 Å². The first-order chi connectivity index (χ1) is 13.8. The molecule has 1 aromatic carbocycles. The van der Waals surface area contributed by atoms with Crippen molar-refractivity contribution >= 4 is 27.6 Å². The molecule has 8 nitrogen and oxygen atoms in total. The number of sulfonamides is 1. The van der Waals surface area contributed by atoms with Crippen LogP contribution in [-0.2, 0) is 26.6 Å². The average Bonchev–Trinajstić information content (AvgIpc) is 3.31. The second-order valence-electron chi connectivity index (χ2n) is 6.97. The summed E-state index contributed by atoms with van der Waals surface area (Å²) < 4.78 is 34.0. The topological polar surface area (TPSA) is 97.7 Å². The van der Waals surface area contributed by atoms with Crippen LogP contribution in [0.5, 0.6) is 0 Å². The summed E-state index contributed by atoms with van der Waals surface area (Å²) in [7, 11) is -2.36. The number of amides is 1. The molecule has 1 amide bonds. The van der Waals surface area contributed by atoms with E-state index < -0.39 is 22.0 Å². The Kier molecular flexibility index (Phi) is 6.09. The van der Waals surface area contributed by atoms with Crippen molar-refractivity contribution in [3.05, 3.63) is 47.8 Å². The molecule has 1 saturated heterocycles. The summed E-state index contributed by atoms with van der Waals surface area (Å²) in [4.78, 5) is 24.8. The van der Waals surface area contributed by atoms with E-state index in [-0.39, 0.29) is 29.6 Å². The number of hydrogen-bond acceptors (Lipinski definition) is 5. The zero-order valence-corrected chi connectivity index (χ0v) is 17.5. The number of benzene rings is 1. The summed E-state index contributed by atoms with van der Waals surface area (Å²) in [5.74, 6) is -0.950. The predicted octanol–water partition coefficient (Wildman–Crippen LogP) is 2.30. The van der Waals surface area contributed by atoms with E-state index in [0.717, 1.165) is 5.56 Å². The number of para-hydroxylation sites is 1. The summed E-state index contributed by atoms with van der Waals surface area (Å²) >= 11 is 0. The third-order valence-electron chi connectivity index (χ3n) is 4.98. The molecule has 2 aromatic rings. The van der Waals surface area contributed by atoms with Crippen LogP contribution in [0.1, 0.15) is 35.8 Å². The van der Waals surface area contributed by atoms with E-state index in [9.17, 15) is 18.0 Å². The minimum atomic E-state index is -3.94. The molecule has 0 saturated carbocycles. The van der Waals surface area contributed by atoms with Gasteiger partial charge in [0.05, 0.1) is 6.61 Å². The minimum Gasteiger partial charge on any atom is -0.461 e. The Morgan fingerprint density at radius 3 is 2.69 bits per heavy atom. The van der Waals surface area contributed by atoms with Gasteiger partial charge in [-0.15, -0.1) is 0 Å². The van der Waals surface area contributed by atoms with Gasteiger partial charge in [-0.1, -0.05) is 18.2 Å². The van der Waals surface area contributed by atoms with Crippen LogP contribution >= 0.6 is 0 Å². The number of rotatable bonds is 6. The molecular formula is C20H25N3O5S. The molecule has 2 heterocycles. The molecule has 9 heteroatoms. The quantitative estimate of drug-likeness (QED) is 0.725. The van der Waals surface area contributed by atoms with Crippen LogP contribution in [0.25, 0.3) is 0 Å². The van der Waals surface area contributed by atoms with Crippen molar-refractivity contribution in [3.8, 4) is 0 Å². The van der Waals surface area contributed by atoms with Crippen LogP contribution in [0.2, 0.25) is 0 Å². The summed E-state index contributed by atoms with van der Waals surface area (Å²) in [6.07, 6.45) is 2.40. The van der Waals surface area contributed by atoms with Gasteiger partial charge in [-0.05, 0) is 44.4 Å². The van der Waals surface area contributed by atoms with Gasteiger partial charge in [-0.25, -0.2) is 13.2 Å².